The third-order valence-corrected chi connectivity index (χ3v) is 3.15. The second-order valence-corrected chi connectivity index (χ2v) is 4.40. The monoisotopic (exact) mass is 267 g/mol. The highest BCUT2D eigenvalue weighted by molar-refractivity contribution is 5.51. The van der Waals surface area contributed by atoms with Gasteiger partial charge in [-0.2, -0.15) is 8.78 Å². The molecule has 19 heavy (non-hydrogen) atoms. The third-order valence-electron chi connectivity index (χ3n) is 3.15. The highest BCUT2D eigenvalue weighted by atomic mass is 19.3. The molecule has 2 rings (SSSR count). The Bertz CT molecular complexity index is 488. The van der Waals surface area contributed by atoms with Gasteiger partial charge in [-0.25, -0.2) is 0 Å². The third kappa shape index (κ3) is 3.10. The number of carbonyl (C=O) groups excluding carboxylic acids is 1. The van der Waals surface area contributed by atoms with Crippen LogP contribution in [0.25, 0.3) is 0 Å². The average molecular weight is 267 g/mol. The Labute approximate surface area is 110 Å². The molecule has 3 nitrogen and oxygen atoms in total. The largest absolute Gasteiger partial charge is 0.435 e. The Morgan fingerprint density at radius 1 is 1.47 bits per heavy atom. The number of nitrogens with zero attached hydrogens (tertiary/aromatic N) is 1. The van der Waals surface area contributed by atoms with Crippen LogP contribution in [-0.2, 0) is 4.79 Å². The minimum atomic E-state index is -2.83. The molecule has 1 aromatic carbocycles. The molecule has 0 spiro atoms. The maximum atomic E-state index is 12.1. The van der Waals surface area contributed by atoms with Crippen molar-refractivity contribution in [1.29, 1.82) is 0 Å². The van der Waals surface area contributed by atoms with E-state index in [1.165, 1.54) is 6.07 Å². The van der Waals surface area contributed by atoms with Gasteiger partial charge in [-0.1, -0.05) is 18.2 Å². The van der Waals surface area contributed by atoms with Gasteiger partial charge in [0.2, 0.25) is 6.41 Å². The van der Waals surface area contributed by atoms with E-state index in [-0.39, 0.29) is 11.8 Å². The lowest BCUT2D eigenvalue weighted by Crippen LogP contribution is -2.29. The number of rotatable bonds is 4. The molecule has 1 atom stereocenters. The lowest BCUT2D eigenvalue weighted by atomic mass is 9.97. The first-order valence-electron chi connectivity index (χ1n) is 6.05. The lowest BCUT2D eigenvalue weighted by Gasteiger charge is -2.30. The van der Waals surface area contributed by atoms with E-state index in [2.05, 4.69) is 4.74 Å². The lowest BCUT2D eigenvalue weighted by molar-refractivity contribution is -0.119. The van der Waals surface area contributed by atoms with E-state index in [9.17, 15) is 13.6 Å². The van der Waals surface area contributed by atoms with E-state index in [1.807, 2.05) is 19.1 Å². The first-order valence-corrected chi connectivity index (χ1v) is 6.05. The van der Waals surface area contributed by atoms with Crippen molar-refractivity contribution >= 4 is 6.41 Å². The van der Waals surface area contributed by atoms with E-state index in [0.29, 0.717) is 6.54 Å². The number of amides is 1. The number of hydrogen-bond donors (Lipinski definition) is 0. The first-order chi connectivity index (χ1) is 9.11. The highest BCUT2D eigenvalue weighted by Gasteiger charge is 2.20. The summed E-state index contributed by atoms with van der Waals surface area (Å²) in [6.07, 6.45) is 5.62. The van der Waals surface area contributed by atoms with Gasteiger partial charge in [0, 0.05) is 6.54 Å². The van der Waals surface area contributed by atoms with Crippen molar-refractivity contribution in [3.8, 4) is 5.75 Å². The van der Waals surface area contributed by atoms with Crippen LogP contribution in [0.3, 0.4) is 0 Å². The Hall–Kier alpha value is -1.91. The second kappa shape index (κ2) is 5.82. The van der Waals surface area contributed by atoms with Crippen molar-refractivity contribution in [1.82, 2.24) is 4.90 Å². The molecule has 0 aromatic heterocycles. The molecule has 1 aromatic rings. The summed E-state index contributed by atoms with van der Waals surface area (Å²) < 4.78 is 28.6. The van der Waals surface area contributed by atoms with Crippen LogP contribution in [0, 0.1) is 6.92 Å². The van der Waals surface area contributed by atoms with E-state index < -0.39 is 6.61 Å². The van der Waals surface area contributed by atoms with Gasteiger partial charge in [0.1, 0.15) is 5.75 Å². The normalized spacial score (nSPS) is 18.7. The van der Waals surface area contributed by atoms with Crippen molar-refractivity contribution in [2.75, 3.05) is 6.54 Å². The molecule has 1 aliphatic heterocycles. The van der Waals surface area contributed by atoms with Crippen LogP contribution < -0.4 is 4.74 Å². The average Bonchev–Trinajstić information content (AvgIpc) is 2.38. The Morgan fingerprint density at radius 2 is 2.26 bits per heavy atom. The number of hydrogen-bond acceptors (Lipinski definition) is 2. The number of carbonyl (C=O) groups is 1. The second-order valence-electron chi connectivity index (χ2n) is 4.40. The van der Waals surface area contributed by atoms with Crippen LogP contribution in [0.1, 0.15) is 23.6 Å². The van der Waals surface area contributed by atoms with E-state index >= 15 is 0 Å². The zero-order chi connectivity index (χ0) is 13.8. The Kier molecular flexibility index (Phi) is 4.14. The predicted molar refractivity (Wildman–Crippen MR) is 67.1 cm³/mol. The summed E-state index contributed by atoms with van der Waals surface area (Å²) in [5, 5.41) is 0. The minimum Gasteiger partial charge on any atom is -0.435 e. The molecule has 0 unspecified atom stereocenters. The van der Waals surface area contributed by atoms with Gasteiger partial charge < -0.3 is 9.64 Å². The quantitative estimate of drug-likeness (QED) is 0.620. The summed E-state index contributed by atoms with van der Waals surface area (Å²) in [5.41, 5.74) is 1.74. The van der Waals surface area contributed by atoms with Gasteiger partial charge in [-0.15, -0.1) is 0 Å². The predicted octanol–water partition coefficient (Wildman–Crippen LogP) is 3.06. The molecular weight excluding hydrogens is 252 g/mol. The van der Waals surface area contributed by atoms with Crippen LogP contribution in [0.2, 0.25) is 0 Å². The van der Waals surface area contributed by atoms with Crippen molar-refractivity contribution in [3.63, 3.8) is 0 Å². The minimum absolute atomic E-state index is 0.133. The van der Waals surface area contributed by atoms with E-state index in [1.54, 1.807) is 17.0 Å². The van der Waals surface area contributed by atoms with E-state index in [0.717, 1.165) is 24.0 Å². The fourth-order valence-corrected chi connectivity index (χ4v) is 2.26. The van der Waals surface area contributed by atoms with E-state index in [4.69, 9.17) is 0 Å². The van der Waals surface area contributed by atoms with Crippen molar-refractivity contribution in [3.05, 3.63) is 41.5 Å². The van der Waals surface area contributed by atoms with Crippen LogP contribution in [0.5, 0.6) is 5.75 Å². The number of halogens is 2. The van der Waals surface area contributed by atoms with Crippen LogP contribution in [-0.4, -0.2) is 24.5 Å². The fourth-order valence-electron chi connectivity index (χ4n) is 2.26. The molecule has 1 heterocycles. The van der Waals surface area contributed by atoms with Gasteiger partial charge in [0.15, 0.2) is 0 Å². The molecule has 0 saturated heterocycles. The number of ether oxygens (including phenoxy) is 1. The summed E-state index contributed by atoms with van der Waals surface area (Å²) in [4.78, 5) is 12.7. The summed E-state index contributed by atoms with van der Waals surface area (Å²) in [7, 11) is 0. The maximum Gasteiger partial charge on any atom is 0.387 e. The van der Waals surface area contributed by atoms with Crippen LogP contribution in [0.4, 0.5) is 8.78 Å². The van der Waals surface area contributed by atoms with Gasteiger partial charge >= 0.3 is 6.61 Å². The first kappa shape index (κ1) is 13.5. The summed E-state index contributed by atoms with van der Waals surface area (Å²) >= 11 is 0. The molecule has 0 N–H and O–H groups in total. The van der Waals surface area contributed by atoms with Crippen molar-refractivity contribution < 1.29 is 18.3 Å². The number of alkyl halides is 2. The number of aryl methyl sites for hydroxylation is 1. The molecule has 102 valence electrons. The molecule has 1 amide bonds. The summed E-state index contributed by atoms with van der Waals surface area (Å²) in [6.45, 7) is -0.343. The fraction of sp³-hybridized carbons (Fsp3) is 0.357. The van der Waals surface area contributed by atoms with Crippen LogP contribution in [0.15, 0.2) is 30.4 Å². The number of benzene rings is 1. The van der Waals surface area contributed by atoms with Gasteiger partial charge in [0.05, 0.1) is 6.04 Å². The topological polar surface area (TPSA) is 29.5 Å². The highest BCUT2D eigenvalue weighted by Crippen LogP contribution is 2.29. The summed E-state index contributed by atoms with van der Waals surface area (Å²) in [6, 6.07) is 4.66. The summed E-state index contributed by atoms with van der Waals surface area (Å²) in [5.74, 6) is 0.133. The zero-order valence-corrected chi connectivity index (χ0v) is 10.6. The maximum absolute atomic E-state index is 12.1. The molecule has 0 fully saturated rings. The molecule has 0 bridgehead atoms. The van der Waals surface area contributed by atoms with Gasteiger partial charge in [-0.3, -0.25) is 4.79 Å². The standard InChI is InChI=1S/C14H15F2NO2/c1-10-8-11(19-14(15)16)5-6-12(10)13-4-2-3-7-17(13)9-18/h2,4-6,8-9,13-14H,3,7H2,1H3/t13-/m1/s1. The molecule has 0 aliphatic carbocycles. The molecule has 5 heteroatoms. The molecule has 1 aliphatic rings. The van der Waals surface area contributed by atoms with Crippen molar-refractivity contribution in [2.24, 2.45) is 0 Å². The molecule has 0 radical (unpaired) electrons. The Morgan fingerprint density at radius 3 is 2.89 bits per heavy atom. The Balaban J connectivity index is 2.27. The van der Waals surface area contributed by atoms with Gasteiger partial charge in [0.25, 0.3) is 0 Å². The SMILES string of the molecule is Cc1cc(OC(F)F)ccc1[C@H]1C=CCCN1C=O. The molecule has 0 saturated carbocycles. The zero-order valence-electron chi connectivity index (χ0n) is 10.6. The van der Waals surface area contributed by atoms with Crippen LogP contribution >= 0.6 is 0 Å². The smallest absolute Gasteiger partial charge is 0.387 e. The van der Waals surface area contributed by atoms with Gasteiger partial charge in [-0.05, 0) is 36.6 Å². The van der Waals surface area contributed by atoms with Crippen molar-refractivity contribution in [2.45, 2.75) is 26.0 Å². The molecular formula is C14H15F2NO2.